The second-order valence-electron chi connectivity index (χ2n) is 7.77. The molecule has 1 fully saturated rings. The lowest BCUT2D eigenvalue weighted by Gasteiger charge is -2.29. The van der Waals surface area contributed by atoms with Crippen molar-refractivity contribution >= 4 is 23.2 Å². The first-order valence-corrected chi connectivity index (χ1v) is 10.3. The van der Waals surface area contributed by atoms with E-state index in [0.29, 0.717) is 24.4 Å². The van der Waals surface area contributed by atoms with Crippen LogP contribution < -0.4 is 9.64 Å². The summed E-state index contributed by atoms with van der Waals surface area (Å²) in [6.07, 6.45) is 0.846. The molecule has 4 rings (SSSR count). The van der Waals surface area contributed by atoms with Gasteiger partial charge in [-0.1, -0.05) is 36.9 Å². The molecule has 0 N–H and O–H groups in total. The van der Waals surface area contributed by atoms with E-state index < -0.39 is 0 Å². The fourth-order valence-corrected chi connectivity index (χ4v) is 4.29. The van der Waals surface area contributed by atoms with Crippen LogP contribution in [0.25, 0.3) is 5.70 Å². The molecule has 1 saturated heterocycles. The molecule has 0 saturated carbocycles. The van der Waals surface area contributed by atoms with Gasteiger partial charge in [0, 0.05) is 42.5 Å². The number of fused-ring (bicyclic) bond motifs is 1. The van der Waals surface area contributed by atoms with Crippen LogP contribution in [0.1, 0.15) is 29.3 Å². The normalized spacial score (nSPS) is 19.0. The Morgan fingerprint density at radius 3 is 2.50 bits per heavy atom. The Morgan fingerprint density at radius 2 is 1.77 bits per heavy atom. The van der Waals surface area contributed by atoms with Crippen molar-refractivity contribution in [2.75, 3.05) is 38.2 Å². The van der Waals surface area contributed by atoms with E-state index in [1.807, 2.05) is 47.4 Å². The Morgan fingerprint density at radius 1 is 1.07 bits per heavy atom. The molecule has 6 nitrogen and oxygen atoms in total. The van der Waals surface area contributed by atoms with Crippen LogP contribution in [-0.2, 0) is 4.79 Å². The third-order valence-electron chi connectivity index (χ3n) is 6.04. The Kier molecular flexibility index (Phi) is 5.48. The van der Waals surface area contributed by atoms with E-state index in [1.165, 1.54) is 4.90 Å². The highest BCUT2D eigenvalue weighted by atomic mass is 16.5. The summed E-state index contributed by atoms with van der Waals surface area (Å²) >= 11 is 0. The maximum atomic E-state index is 13.2. The van der Waals surface area contributed by atoms with Gasteiger partial charge in [-0.05, 0) is 31.5 Å². The van der Waals surface area contributed by atoms with Gasteiger partial charge in [-0.25, -0.2) is 0 Å². The molecule has 0 aromatic heterocycles. The first kappa shape index (κ1) is 20.0. The van der Waals surface area contributed by atoms with E-state index in [9.17, 15) is 9.59 Å². The Bertz CT molecular complexity index is 952. The average Bonchev–Trinajstić information content (AvgIpc) is 2.90. The summed E-state index contributed by atoms with van der Waals surface area (Å²) in [6.45, 7) is 8.28. The number of ether oxygens (including phenoxy) is 1. The molecule has 2 heterocycles. The summed E-state index contributed by atoms with van der Waals surface area (Å²) in [5, 5.41) is 0. The van der Waals surface area contributed by atoms with Gasteiger partial charge in [0.25, 0.3) is 5.91 Å². The van der Waals surface area contributed by atoms with Crippen molar-refractivity contribution in [1.29, 1.82) is 0 Å². The van der Waals surface area contributed by atoms with Crippen molar-refractivity contribution < 1.29 is 14.3 Å². The van der Waals surface area contributed by atoms with Gasteiger partial charge >= 0.3 is 0 Å². The standard InChI is InChI=1S/C24H27N3O3/c1-17-12-13-25(21-10-6-7-11-22(21)30-3)14-15-26(17)23(28)16-27-18(2)19-8-4-5-9-20(19)24(27)29/h4-11,17H,2,12-16H2,1,3H3/t17-/m0/s1. The van der Waals surface area contributed by atoms with Gasteiger partial charge in [-0.15, -0.1) is 0 Å². The summed E-state index contributed by atoms with van der Waals surface area (Å²) in [5.41, 5.74) is 3.06. The summed E-state index contributed by atoms with van der Waals surface area (Å²) in [4.78, 5) is 31.6. The Hall–Kier alpha value is -3.28. The highest BCUT2D eigenvalue weighted by Crippen LogP contribution is 2.32. The molecule has 30 heavy (non-hydrogen) atoms. The monoisotopic (exact) mass is 405 g/mol. The maximum absolute atomic E-state index is 13.2. The van der Waals surface area contributed by atoms with Crippen LogP contribution in [0.4, 0.5) is 5.69 Å². The number of nitrogens with zero attached hydrogens (tertiary/aromatic N) is 3. The number of amides is 2. The maximum Gasteiger partial charge on any atom is 0.259 e. The van der Waals surface area contributed by atoms with Gasteiger partial charge in [0.1, 0.15) is 12.3 Å². The molecule has 0 radical (unpaired) electrons. The summed E-state index contributed by atoms with van der Waals surface area (Å²) < 4.78 is 5.51. The van der Waals surface area contributed by atoms with Gasteiger partial charge in [-0.3, -0.25) is 14.5 Å². The third-order valence-corrected chi connectivity index (χ3v) is 6.04. The van der Waals surface area contributed by atoms with Gasteiger partial charge in [-0.2, -0.15) is 0 Å². The molecular formula is C24H27N3O3. The predicted octanol–water partition coefficient (Wildman–Crippen LogP) is 3.25. The molecule has 0 bridgehead atoms. The molecule has 2 aromatic carbocycles. The van der Waals surface area contributed by atoms with Crippen molar-refractivity contribution in [2.45, 2.75) is 19.4 Å². The van der Waals surface area contributed by atoms with Gasteiger partial charge in [0.2, 0.25) is 5.91 Å². The minimum absolute atomic E-state index is 0.0192. The van der Waals surface area contributed by atoms with Crippen LogP contribution in [0.5, 0.6) is 5.75 Å². The number of methoxy groups -OCH3 is 1. The summed E-state index contributed by atoms with van der Waals surface area (Å²) in [7, 11) is 1.67. The van der Waals surface area contributed by atoms with E-state index in [0.717, 1.165) is 30.0 Å². The molecule has 6 heteroatoms. The fourth-order valence-electron chi connectivity index (χ4n) is 4.29. The number of benzene rings is 2. The van der Waals surface area contributed by atoms with Gasteiger partial charge in [0.05, 0.1) is 12.8 Å². The van der Waals surface area contributed by atoms with Crippen LogP contribution in [0.3, 0.4) is 0 Å². The van der Waals surface area contributed by atoms with Crippen LogP contribution in [0, 0.1) is 0 Å². The van der Waals surface area contributed by atoms with Gasteiger partial charge in [0.15, 0.2) is 0 Å². The molecule has 2 aromatic rings. The number of anilines is 1. The zero-order chi connectivity index (χ0) is 21.3. The van der Waals surface area contributed by atoms with Crippen molar-refractivity contribution in [3.63, 3.8) is 0 Å². The molecule has 0 aliphatic carbocycles. The first-order valence-electron chi connectivity index (χ1n) is 10.3. The van der Waals surface area contributed by atoms with Crippen LogP contribution in [0.2, 0.25) is 0 Å². The predicted molar refractivity (Wildman–Crippen MR) is 118 cm³/mol. The second kappa shape index (κ2) is 8.22. The molecule has 2 aliphatic heterocycles. The lowest BCUT2D eigenvalue weighted by molar-refractivity contribution is -0.133. The second-order valence-corrected chi connectivity index (χ2v) is 7.77. The van der Waals surface area contributed by atoms with Crippen molar-refractivity contribution in [3.05, 3.63) is 66.2 Å². The van der Waals surface area contributed by atoms with Crippen LogP contribution >= 0.6 is 0 Å². The smallest absolute Gasteiger partial charge is 0.259 e. The summed E-state index contributed by atoms with van der Waals surface area (Å²) in [6, 6.07) is 15.4. The lowest BCUT2D eigenvalue weighted by atomic mass is 10.1. The quantitative estimate of drug-likeness (QED) is 0.784. The molecule has 1 atom stereocenters. The topological polar surface area (TPSA) is 53.1 Å². The largest absolute Gasteiger partial charge is 0.495 e. The Labute approximate surface area is 177 Å². The van der Waals surface area contributed by atoms with Gasteiger partial charge < -0.3 is 14.5 Å². The summed E-state index contributed by atoms with van der Waals surface area (Å²) in [5.74, 6) is 0.635. The number of carbonyl (C=O) groups is 2. The Balaban J connectivity index is 1.46. The number of carbonyl (C=O) groups excluding carboxylic acids is 2. The zero-order valence-corrected chi connectivity index (χ0v) is 17.5. The highest BCUT2D eigenvalue weighted by Gasteiger charge is 2.34. The molecule has 0 spiro atoms. The minimum atomic E-state index is -0.151. The molecule has 2 aliphatic rings. The van der Waals surface area contributed by atoms with E-state index >= 15 is 0 Å². The fraction of sp³-hybridized carbons (Fsp3) is 0.333. The van der Waals surface area contributed by atoms with E-state index in [4.69, 9.17) is 4.74 Å². The van der Waals surface area contributed by atoms with E-state index in [2.05, 4.69) is 18.4 Å². The number of para-hydroxylation sites is 2. The number of hydrogen-bond donors (Lipinski definition) is 0. The van der Waals surface area contributed by atoms with Crippen molar-refractivity contribution in [1.82, 2.24) is 9.80 Å². The minimum Gasteiger partial charge on any atom is -0.495 e. The van der Waals surface area contributed by atoms with Crippen LogP contribution in [-0.4, -0.2) is 60.9 Å². The molecule has 2 amide bonds. The average molecular weight is 405 g/mol. The SMILES string of the molecule is C=C1c2ccccc2C(=O)N1CC(=O)N1CCN(c2ccccc2OC)CC[C@@H]1C. The zero-order valence-electron chi connectivity index (χ0n) is 17.5. The van der Waals surface area contributed by atoms with Crippen LogP contribution in [0.15, 0.2) is 55.1 Å². The van der Waals surface area contributed by atoms with E-state index in [1.54, 1.807) is 13.2 Å². The lowest BCUT2D eigenvalue weighted by Crippen LogP contribution is -2.45. The molecular weight excluding hydrogens is 378 g/mol. The highest BCUT2D eigenvalue weighted by molar-refractivity contribution is 6.10. The first-order chi connectivity index (χ1) is 14.5. The number of hydrogen-bond acceptors (Lipinski definition) is 4. The van der Waals surface area contributed by atoms with Crippen molar-refractivity contribution in [3.8, 4) is 5.75 Å². The molecule has 0 unspecified atom stereocenters. The number of rotatable bonds is 4. The third kappa shape index (κ3) is 3.54. The van der Waals surface area contributed by atoms with E-state index in [-0.39, 0.29) is 24.4 Å². The van der Waals surface area contributed by atoms with Crippen molar-refractivity contribution in [2.24, 2.45) is 0 Å². The molecule has 156 valence electrons.